The SMILES string of the molecule is COC(=O)NS(=O)(=O)N(C)CC1CC(Br)C1. The van der Waals surface area contributed by atoms with Crippen molar-refractivity contribution >= 4 is 32.2 Å². The Hall–Kier alpha value is -0.340. The van der Waals surface area contributed by atoms with Gasteiger partial charge in [0.1, 0.15) is 0 Å². The molecule has 0 atom stereocenters. The molecule has 0 bridgehead atoms. The summed E-state index contributed by atoms with van der Waals surface area (Å²) in [7, 11) is -1.21. The lowest BCUT2D eigenvalue weighted by atomic mass is 9.85. The second kappa shape index (κ2) is 5.33. The molecule has 0 aromatic rings. The highest BCUT2D eigenvalue weighted by molar-refractivity contribution is 9.09. The Morgan fingerprint density at radius 1 is 1.56 bits per heavy atom. The maximum Gasteiger partial charge on any atom is 0.421 e. The molecule has 0 heterocycles. The van der Waals surface area contributed by atoms with E-state index in [9.17, 15) is 13.2 Å². The summed E-state index contributed by atoms with van der Waals surface area (Å²) in [5.74, 6) is 0.351. The zero-order valence-electron chi connectivity index (χ0n) is 9.14. The quantitative estimate of drug-likeness (QED) is 0.775. The molecule has 1 aliphatic rings. The van der Waals surface area contributed by atoms with Gasteiger partial charge < -0.3 is 4.74 Å². The molecule has 1 rings (SSSR count). The minimum absolute atomic E-state index is 0.351. The van der Waals surface area contributed by atoms with Crippen molar-refractivity contribution in [2.45, 2.75) is 17.7 Å². The summed E-state index contributed by atoms with van der Waals surface area (Å²) in [5.41, 5.74) is 0. The summed E-state index contributed by atoms with van der Waals surface area (Å²) in [4.78, 5) is 11.3. The number of methoxy groups -OCH3 is 1. The molecule has 6 nitrogen and oxygen atoms in total. The van der Waals surface area contributed by atoms with Gasteiger partial charge in [0.15, 0.2) is 0 Å². The second-order valence-corrected chi connectivity index (χ2v) is 6.89. The van der Waals surface area contributed by atoms with Crippen LogP contribution in [0.15, 0.2) is 0 Å². The van der Waals surface area contributed by atoms with Gasteiger partial charge in [0.05, 0.1) is 7.11 Å². The average Bonchev–Trinajstić information content (AvgIpc) is 2.14. The standard InChI is InChI=1S/C8H15BrN2O4S/c1-11(5-6-3-7(9)4-6)16(13,14)10-8(12)15-2/h6-7H,3-5H2,1-2H3,(H,10,12). The first-order valence-electron chi connectivity index (χ1n) is 4.81. The van der Waals surface area contributed by atoms with E-state index in [0.29, 0.717) is 17.3 Å². The van der Waals surface area contributed by atoms with Gasteiger partial charge in [-0.1, -0.05) is 15.9 Å². The van der Waals surface area contributed by atoms with Crippen LogP contribution in [0.25, 0.3) is 0 Å². The number of rotatable bonds is 4. The minimum atomic E-state index is -3.77. The van der Waals surface area contributed by atoms with Crippen LogP contribution in [-0.2, 0) is 14.9 Å². The van der Waals surface area contributed by atoms with E-state index in [4.69, 9.17) is 0 Å². The summed E-state index contributed by atoms with van der Waals surface area (Å²) in [6, 6.07) is 0. The fourth-order valence-electron chi connectivity index (χ4n) is 1.49. The molecule has 0 aliphatic heterocycles. The molecular weight excluding hydrogens is 300 g/mol. The molecule has 0 saturated heterocycles. The van der Waals surface area contributed by atoms with Gasteiger partial charge in [0.25, 0.3) is 0 Å². The lowest BCUT2D eigenvalue weighted by Crippen LogP contribution is -2.45. The zero-order valence-corrected chi connectivity index (χ0v) is 11.5. The lowest BCUT2D eigenvalue weighted by molar-refractivity contribution is 0.176. The molecule has 8 heteroatoms. The number of alkyl halides is 1. The Kier molecular flexibility index (Phi) is 4.57. The van der Waals surface area contributed by atoms with Crippen molar-refractivity contribution in [1.82, 2.24) is 9.03 Å². The number of hydrogen-bond donors (Lipinski definition) is 1. The highest BCUT2D eigenvalue weighted by atomic mass is 79.9. The number of ether oxygens (including phenoxy) is 1. The number of nitrogens with one attached hydrogen (secondary N) is 1. The first-order chi connectivity index (χ1) is 7.35. The molecule has 0 unspecified atom stereocenters. The average molecular weight is 315 g/mol. The maximum absolute atomic E-state index is 11.6. The Bertz CT molecular complexity index is 353. The monoisotopic (exact) mass is 314 g/mol. The van der Waals surface area contributed by atoms with Crippen molar-refractivity contribution in [3.8, 4) is 0 Å². The molecule has 1 aliphatic carbocycles. The van der Waals surface area contributed by atoms with Gasteiger partial charge in [-0.15, -0.1) is 0 Å². The molecule has 0 aromatic carbocycles. The van der Waals surface area contributed by atoms with Gasteiger partial charge >= 0.3 is 16.3 Å². The molecular formula is C8H15BrN2O4S. The highest BCUT2D eigenvalue weighted by Crippen LogP contribution is 2.33. The Morgan fingerprint density at radius 3 is 2.56 bits per heavy atom. The van der Waals surface area contributed by atoms with Crippen LogP contribution in [0.4, 0.5) is 4.79 Å². The summed E-state index contributed by atoms with van der Waals surface area (Å²) >= 11 is 3.43. The first kappa shape index (κ1) is 13.7. The van der Waals surface area contributed by atoms with Gasteiger partial charge in [-0.05, 0) is 18.8 Å². The summed E-state index contributed by atoms with van der Waals surface area (Å²) < 4.78 is 30.3. The minimum Gasteiger partial charge on any atom is -0.452 e. The first-order valence-corrected chi connectivity index (χ1v) is 7.17. The van der Waals surface area contributed by atoms with Crippen LogP contribution in [-0.4, -0.2) is 44.3 Å². The van der Waals surface area contributed by atoms with Crippen molar-refractivity contribution in [2.24, 2.45) is 5.92 Å². The summed E-state index contributed by atoms with van der Waals surface area (Å²) in [6.45, 7) is 0.411. The maximum atomic E-state index is 11.6. The molecule has 1 N–H and O–H groups in total. The molecule has 1 amide bonds. The molecule has 1 fully saturated rings. The van der Waals surface area contributed by atoms with E-state index in [1.54, 1.807) is 4.72 Å². The molecule has 94 valence electrons. The highest BCUT2D eigenvalue weighted by Gasteiger charge is 2.31. The normalized spacial score (nSPS) is 25.0. The number of halogens is 1. The second-order valence-electron chi connectivity index (χ2n) is 3.81. The Balaban J connectivity index is 2.45. The van der Waals surface area contributed by atoms with Gasteiger partial charge in [0.2, 0.25) is 0 Å². The summed E-state index contributed by atoms with van der Waals surface area (Å²) in [5, 5.41) is 0. The number of carbonyl (C=O) groups is 1. The van der Waals surface area contributed by atoms with E-state index in [2.05, 4.69) is 20.7 Å². The number of nitrogens with zero attached hydrogens (tertiary/aromatic N) is 1. The fraction of sp³-hybridized carbons (Fsp3) is 0.875. The smallest absolute Gasteiger partial charge is 0.421 e. The third-order valence-electron chi connectivity index (χ3n) is 2.50. The molecule has 16 heavy (non-hydrogen) atoms. The van der Waals surface area contributed by atoms with E-state index in [-0.39, 0.29) is 0 Å². The third kappa shape index (κ3) is 3.60. The van der Waals surface area contributed by atoms with Gasteiger partial charge in [0, 0.05) is 18.4 Å². The van der Waals surface area contributed by atoms with Crippen molar-refractivity contribution in [1.29, 1.82) is 0 Å². The van der Waals surface area contributed by atoms with E-state index in [0.717, 1.165) is 24.3 Å². The largest absolute Gasteiger partial charge is 0.452 e. The Labute approximate surface area is 104 Å². The lowest BCUT2D eigenvalue weighted by Gasteiger charge is -2.33. The van der Waals surface area contributed by atoms with Gasteiger partial charge in [-0.2, -0.15) is 12.7 Å². The van der Waals surface area contributed by atoms with Crippen LogP contribution in [0.3, 0.4) is 0 Å². The van der Waals surface area contributed by atoms with Crippen LogP contribution >= 0.6 is 15.9 Å². The van der Waals surface area contributed by atoms with E-state index >= 15 is 0 Å². The van der Waals surface area contributed by atoms with Crippen LogP contribution in [0, 0.1) is 5.92 Å². The van der Waals surface area contributed by atoms with Crippen molar-refractivity contribution in [3.63, 3.8) is 0 Å². The molecule has 1 saturated carbocycles. The third-order valence-corrected chi connectivity index (χ3v) is 4.64. The van der Waals surface area contributed by atoms with E-state index in [1.807, 2.05) is 0 Å². The number of amides is 1. The van der Waals surface area contributed by atoms with Crippen LogP contribution in [0.5, 0.6) is 0 Å². The van der Waals surface area contributed by atoms with E-state index < -0.39 is 16.3 Å². The number of hydrogen-bond acceptors (Lipinski definition) is 4. The fourth-order valence-corrected chi connectivity index (χ4v) is 3.40. The molecule has 0 aromatic heterocycles. The summed E-state index contributed by atoms with van der Waals surface area (Å²) in [6.07, 6.45) is 0.940. The predicted molar refractivity (Wildman–Crippen MR) is 62.5 cm³/mol. The van der Waals surface area contributed by atoms with Crippen LogP contribution in [0.2, 0.25) is 0 Å². The van der Waals surface area contributed by atoms with Gasteiger partial charge in [-0.25, -0.2) is 9.52 Å². The van der Waals surface area contributed by atoms with Crippen LogP contribution in [0.1, 0.15) is 12.8 Å². The predicted octanol–water partition coefficient (Wildman–Crippen LogP) is 0.693. The Morgan fingerprint density at radius 2 is 2.12 bits per heavy atom. The topological polar surface area (TPSA) is 75.7 Å². The van der Waals surface area contributed by atoms with Crippen molar-refractivity contribution in [2.75, 3.05) is 20.7 Å². The van der Waals surface area contributed by atoms with Crippen molar-refractivity contribution < 1.29 is 17.9 Å². The molecule has 0 radical (unpaired) electrons. The van der Waals surface area contributed by atoms with E-state index in [1.165, 1.54) is 7.05 Å². The number of carbonyl (C=O) groups excluding carboxylic acids is 1. The zero-order chi connectivity index (χ0) is 12.3. The van der Waals surface area contributed by atoms with Crippen molar-refractivity contribution in [3.05, 3.63) is 0 Å². The van der Waals surface area contributed by atoms with Gasteiger partial charge in [-0.3, -0.25) is 0 Å². The molecule has 0 spiro atoms. The van der Waals surface area contributed by atoms with Crippen LogP contribution < -0.4 is 4.72 Å².